The summed E-state index contributed by atoms with van der Waals surface area (Å²) in [6.45, 7) is -0.529. The lowest BCUT2D eigenvalue weighted by molar-refractivity contribution is -0.0912. The zero-order chi connectivity index (χ0) is 13.3. The van der Waals surface area contributed by atoms with Crippen molar-refractivity contribution in [3.63, 3.8) is 0 Å². The molecule has 2 heterocycles. The van der Waals surface area contributed by atoms with Crippen LogP contribution in [0.3, 0.4) is 0 Å². The molecule has 0 unspecified atom stereocenters. The number of hydrogen-bond acceptors (Lipinski definition) is 6. The van der Waals surface area contributed by atoms with Gasteiger partial charge in [0.05, 0.1) is 6.61 Å². The van der Waals surface area contributed by atoms with E-state index in [4.69, 9.17) is 16.9 Å². The number of aliphatic hydroxyl groups is 2. The van der Waals surface area contributed by atoms with Crippen LogP contribution in [-0.4, -0.2) is 38.1 Å². The van der Waals surface area contributed by atoms with Crippen molar-refractivity contribution >= 4 is 5.82 Å². The fraction of sp³-hybridized carbons (Fsp3) is 0.455. The third-order valence-electron chi connectivity index (χ3n) is 2.95. The number of aliphatic hydroxyl groups excluding tert-OH is 2. The Labute approximate surface area is 103 Å². The summed E-state index contributed by atoms with van der Waals surface area (Å²) < 4.78 is 6.59. The van der Waals surface area contributed by atoms with E-state index in [0.717, 1.165) is 0 Å². The van der Waals surface area contributed by atoms with Crippen LogP contribution in [0.2, 0.25) is 0 Å². The Balaban J connectivity index is 2.33. The Hall–Kier alpha value is -1.88. The molecule has 1 saturated heterocycles. The Kier molecular flexibility index (Phi) is 3.09. The lowest BCUT2D eigenvalue weighted by Crippen LogP contribution is -2.41. The minimum Gasteiger partial charge on any atom is -0.392 e. The summed E-state index contributed by atoms with van der Waals surface area (Å²) in [4.78, 5) is 15.2. The molecule has 18 heavy (non-hydrogen) atoms. The maximum Gasteiger partial charge on any atom is 0.351 e. The van der Waals surface area contributed by atoms with E-state index in [0.29, 0.717) is 0 Å². The van der Waals surface area contributed by atoms with E-state index >= 15 is 0 Å². The van der Waals surface area contributed by atoms with Crippen molar-refractivity contribution in [3.05, 3.63) is 22.7 Å². The van der Waals surface area contributed by atoms with Gasteiger partial charge in [0.1, 0.15) is 18.1 Å². The van der Waals surface area contributed by atoms with Crippen molar-refractivity contribution in [1.29, 1.82) is 0 Å². The SMILES string of the molecule is C#C[C@]1(CO)O[C@@H](n2ccc(N)nc2=O)C[C@H]1O. The van der Waals surface area contributed by atoms with Gasteiger partial charge in [0.25, 0.3) is 0 Å². The molecule has 0 radical (unpaired) electrons. The van der Waals surface area contributed by atoms with E-state index in [1.807, 2.05) is 0 Å². The smallest absolute Gasteiger partial charge is 0.351 e. The molecule has 0 aromatic carbocycles. The molecule has 1 aliphatic heterocycles. The molecule has 1 aliphatic rings. The van der Waals surface area contributed by atoms with E-state index in [1.165, 1.54) is 16.8 Å². The van der Waals surface area contributed by atoms with E-state index < -0.39 is 30.2 Å². The number of nitrogens with two attached hydrogens (primary N) is 1. The highest BCUT2D eigenvalue weighted by atomic mass is 16.6. The van der Waals surface area contributed by atoms with Gasteiger partial charge in [0.15, 0.2) is 5.60 Å². The van der Waals surface area contributed by atoms with E-state index in [1.54, 1.807) is 0 Å². The summed E-state index contributed by atoms with van der Waals surface area (Å²) in [6.07, 6.45) is 4.93. The first-order valence-electron chi connectivity index (χ1n) is 5.31. The third kappa shape index (κ3) is 1.86. The molecule has 0 amide bonds. The molecule has 96 valence electrons. The van der Waals surface area contributed by atoms with Crippen LogP contribution in [0.5, 0.6) is 0 Å². The predicted molar refractivity (Wildman–Crippen MR) is 62.3 cm³/mol. The van der Waals surface area contributed by atoms with Gasteiger partial charge in [0.2, 0.25) is 0 Å². The average molecular weight is 251 g/mol. The fourth-order valence-corrected chi connectivity index (χ4v) is 1.88. The van der Waals surface area contributed by atoms with Gasteiger partial charge in [-0.3, -0.25) is 4.57 Å². The Morgan fingerprint density at radius 3 is 3.00 bits per heavy atom. The van der Waals surface area contributed by atoms with Gasteiger partial charge >= 0.3 is 5.69 Å². The first-order valence-corrected chi connectivity index (χ1v) is 5.31. The molecule has 0 saturated carbocycles. The number of rotatable bonds is 2. The first kappa shape index (κ1) is 12.6. The Morgan fingerprint density at radius 1 is 1.78 bits per heavy atom. The first-order chi connectivity index (χ1) is 8.52. The molecule has 0 spiro atoms. The summed E-state index contributed by atoms with van der Waals surface area (Å²) in [7, 11) is 0. The molecule has 3 atom stereocenters. The minimum atomic E-state index is -1.48. The summed E-state index contributed by atoms with van der Waals surface area (Å²) in [5.74, 6) is 2.32. The van der Waals surface area contributed by atoms with Crippen molar-refractivity contribution in [3.8, 4) is 12.3 Å². The van der Waals surface area contributed by atoms with Crippen LogP contribution in [0.4, 0.5) is 5.82 Å². The molecule has 7 heteroatoms. The topological polar surface area (TPSA) is 111 Å². The summed E-state index contributed by atoms with van der Waals surface area (Å²) in [5.41, 5.74) is 3.29. The zero-order valence-electron chi connectivity index (χ0n) is 9.48. The molecule has 1 fully saturated rings. The lowest BCUT2D eigenvalue weighted by atomic mass is 9.99. The van der Waals surface area contributed by atoms with Gasteiger partial charge in [-0.15, -0.1) is 6.42 Å². The van der Waals surface area contributed by atoms with Gasteiger partial charge < -0.3 is 20.7 Å². The predicted octanol–water partition coefficient (Wildman–Crippen LogP) is -1.53. The fourth-order valence-electron chi connectivity index (χ4n) is 1.88. The standard InChI is InChI=1S/C11H13N3O4/c1-2-11(6-15)7(16)5-9(18-11)14-4-3-8(12)13-10(14)17/h1,3-4,7,9,15-16H,5-6H2,(H2,12,13,17)/t7-,9-,11-/m1/s1. The van der Waals surface area contributed by atoms with Crippen LogP contribution >= 0.6 is 0 Å². The summed E-state index contributed by atoms with van der Waals surface area (Å²) >= 11 is 0. The third-order valence-corrected chi connectivity index (χ3v) is 2.95. The second-order valence-electron chi connectivity index (χ2n) is 4.06. The van der Waals surface area contributed by atoms with Crippen molar-refractivity contribution < 1.29 is 14.9 Å². The molecule has 2 rings (SSSR count). The highest BCUT2D eigenvalue weighted by molar-refractivity contribution is 5.24. The highest BCUT2D eigenvalue weighted by Gasteiger charge is 2.47. The maximum absolute atomic E-state index is 11.6. The molecule has 1 aromatic rings. The van der Waals surface area contributed by atoms with Gasteiger partial charge in [-0.05, 0) is 6.07 Å². The van der Waals surface area contributed by atoms with Crippen molar-refractivity contribution in [2.45, 2.75) is 24.4 Å². The second kappa shape index (κ2) is 4.42. The lowest BCUT2D eigenvalue weighted by Gasteiger charge is -2.23. The molecular formula is C11H13N3O4. The van der Waals surface area contributed by atoms with Crippen LogP contribution < -0.4 is 11.4 Å². The Morgan fingerprint density at radius 2 is 2.50 bits per heavy atom. The van der Waals surface area contributed by atoms with Gasteiger partial charge in [-0.1, -0.05) is 5.92 Å². The number of terminal acetylenes is 1. The van der Waals surface area contributed by atoms with Crippen molar-refractivity contribution in [1.82, 2.24) is 9.55 Å². The van der Waals surface area contributed by atoms with Crippen LogP contribution in [-0.2, 0) is 4.74 Å². The van der Waals surface area contributed by atoms with Crippen molar-refractivity contribution in [2.24, 2.45) is 0 Å². The normalized spacial score (nSPS) is 31.2. The van der Waals surface area contributed by atoms with Crippen LogP contribution in [0, 0.1) is 12.3 Å². The van der Waals surface area contributed by atoms with E-state index in [-0.39, 0.29) is 12.2 Å². The molecule has 4 N–H and O–H groups in total. The van der Waals surface area contributed by atoms with E-state index in [9.17, 15) is 15.0 Å². The number of nitrogen functional groups attached to an aromatic ring is 1. The van der Waals surface area contributed by atoms with Gasteiger partial charge in [-0.25, -0.2) is 4.79 Å². The number of anilines is 1. The molecular weight excluding hydrogens is 238 g/mol. The van der Waals surface area contributed by atoms with Gasteiger partial charge in [-0.2, -0.15) is 4.98 Å². The van der Waals surface area contributed by atoms with E-state index in [2.05, 4.69) is 10.9 Å². The monoisotopic (exact) mass is 251 g/mol. The molecule has 1 aromatic heterocycles. The van der Waals surface area contributed by atoms with Crippen LogP contribution in [0.15, 0.2) is 17.1 Å². The molecule has 0 bridgehead atoms. The highest BCUT2D eigenvalue weighted by Crippen LogP contribution is 2.35. The molecule has 7 nitrogen and oxygen atoms in total. The summed E-state index contributed by atoms with van der Waals surface area (Å²) in [6, 6.07) is 1.44. The second-order valence-corrected chi connectivity index (χ2v) is 4.06. The van der Waals surface area contributed by atoms with Gasteiger partial charge in [0, 0.05) is 12.6 Å². The maximum atomic E-state index is 11.6. The van der Waals surface area contributed by atoms with Crippen LogP contribution in [0.25, 0.3) is 0 Å². The van der Waals surface area contributed by atoms with Crippen molar-refractivity contribution in [2.75, 3.05) is 12.3 Å². The zero-order valence-corrected chi connectivity index (χ0v) is 9.48. The quantitative estimate of drug-likeness (QED) is 0.550. The molecule has 0 aliphatic carbocycles. The largest absolute Gasteiger partial charge is 0.392 e. The van der Waals surface area contributed by atoms with Crippen LogP contribution in [0.1, 0.15) is 12.6 Å². The average Bonchev–Trinajstić information content (AvgIpc) is 2.67. The summed E-state index contributed by atoms with van der Waals surface area (Å²) in [5, 5.41) is 19.0. The number of hydrogen-bond donors (Lipinski definition) is 3. The number of aromatic nitrogens is 2. The minimum absolute atomic E-state index is 0.0935. The number of ether oxygens (including phenoxy) is 1. The number of nitrogens with zero attached hydrogens (tertiary/aromatic N) is 2. The Bertz CT molecular complexity index is 550.